The van der Waals surface area contributed by atoms with E-state index in [0.29, 0.717) is 11.3 Å². The fraction of sp³-hybridized carbons (Fsp3) is 0.385. The van der Waals surface area contributed by atoms with Crippen molar-refractivity contribution in [3.63, 3.8) is 0 Å². The summed E-state index contributed by atoms with van der Waals surface area (Å²) in [5.41, 5.74) is 0.796. The monoisotopic (exact) mass is 281 g/mol. The Morgan fingerprint density at radius 3 is 2.79 bits per heavy atom. The van der Waals surface area contributed by atoms with Gasteiger partial charge in [0.15, 0.2) is 0 Å². The largest absolute Gasteiger partial charge is 0.466 e. The number of aliphatic hydroxyl groups excluding tert-OH is 2. The Balaban J connectivity index is 2.84. The van der Waals surface area contributed by atoms with Gasteiger partial charge >= 0.3 is 5.97 Å². The summed E-state index contributed by atoms with van der Waals surface area (Å²) in [4.78, 5) is 15.1. The lowest BCUT2D eigenvalue weighted by molar-refractivity contribution is -0.147. The van der Waals surface area contributed by atoms with Gasteiger partial charge in [0.05, 0.1) is 30.0 Å². The number of carbonyl (C=O) groups excluding carboxylic acids is 1. The molecule has 2 unspecified atom stereocenters. The van der Waals surface area contributed by atoms with E-state index in [9.17, 15) is 15.0 Å². The molecule has 0 aliphatic rings. The molecule has 6 heteroatoms. The van der Waals surface area contributed by atoms with Gasteiger partial charge in [0.1, 0.15) is 6.10 Å². The minimum Gasteiger partial charge on any atom is -0.466 e. The van der Waals surface area contributed by atoms with Gasteiger partial charge in [-0.1, -0.05) is 18.2 Å². The molecule has 0 fully saturated rings. The van der Waals surface area contributed by atoms with E-state index in [1.54, 1.807) is 31.2 Å². The van der Waals surface area contributed by atoms with Crippen LogP contribution in [0.2, 0.25) is 0 Å². The number of nitrogens with zero attached hydrogens (tertiary/aromatic N) is 1. The summed E-state index contributed by atoms with van der Waals surface area (Å²) in [6, 6.07) is 6.65. The van der Waals surface area contributed by atoms with E-state index in [4.69, 9.17) is 4.74 Å². The van der Waals surface area contributed by atoms with E-state index >= 15 is 0 Å². The lowest BCUT2D eigenvalue weighted by Crippen LogP contribution is -2.23. The zero-order valence-corrected chi connectivity index (χ0v) is 11.3. The summed E-state index contributed by atoms with van der Waals surface area (Å²) in [6.07, 6.45) is -2.79. The Kier molecular flexibility index (Phi) is 6.32. The molecule has 0 saturated carbocycles. The van der Waals surface area contributed by atoms with E-state index < -0.39 is 18.2 Å². The van der Waals surface area contributed by atoms with E-state index in [-0.39, 0.29) is 13.0 Å². The quantitative estimate of drug-likeness (QED) is 0.472. The molecule has 0 radical (unpaired) electrons. The topological polar surface area (TPSA) is 79.1 Å². The molecule has 0 amide bonds. The summed E-state index contributed by atoms with van der Waals surface area (Å²) in [5.74, 6) is -0.565. The molecule has 0 bridgehead atoms. The van der Waals surface area contributed by atoms with Crippen LogP contribution in [0.15, 0.2) is 29.3 Å². The Labute approximate surface area is 116 Å². The second-order valence-electron chi connectivity index (χ2n) is 3.78. The number of carbonyl (C=O) groups is 1. The number of hydrogen-bond acceptors (Lipinski definition) is 6. The molecule has 2 atom stereocenters. The summed E-state index contributed by atoms with van der Waals surface area (Å²) >= 11 is 4.52. The summed E-state index contributed by atoms with van der Waals surface area (Å²) in [6.45, 7) is 1.90. The minimum atomic E-state index is -1.26. The summed E-state index contributed by atoms with van der Waals surface area (Å²) in [7, 11) is 0. The van der Waals surface area contributed by atoms with Gasteiger partial charge in [-0.05, 0) is 25.2 Å². The SMILES string of the molecule is CCOC(=O)CC(O)C(O)c1ccccc1N=C=S. The van der Waals surface area contributed by atoms with Gasteiger partial charge in [-0.15, -0.1) is 0 Å². The van der Waals surface area contributed by atoms with Crippen LogP contribution in [-0.4, -0.2) is 34.1 Å². The van der Waals surface area contributed by atoms with Crippen LogP contribution >= 0.6 is 12.2 Å². The number of rotatable bonds is 6. The standard InChI is InChI=1S/C13H15NO4S/c1-2-18-12(16)7-11(15)13(17)9-5-3-4-6-10(9)14-8-19/h3-6,11,13,15,17H,2,7H2,1H3. The molecule has 0 saturated heterocycles. The molecule has 0 aromatic heterocycles. The molecule has 5 nitrogen and oxygen atoms in total. The lowest BCUT2D eigenvalue weighted by Gasteiger charge is -2.18. The van der Waals surface area contributed by atoms with Crippen LogP contribution in [0.1, 0.15) is 25.0 Å². The molecule has 0 heterocycles. The smallest absolute Gasteiger partial charge is 0.308 e. The summed E-state index contributed by atoms with van der Waals surface area (Å²) < 4.78 is 4.71. The first-order chi connectivity index (χ1) is 9.10. The third-order valence-corrected chi connectivity index (χ3v) is 2.56. The number of benzene rings is 1. The lowest BCUT2D eigenvalue weighted by atomic mass is 10.0. The van der Waals surface area contributed by atoms with Gasteiger partial charge in [-0.3, -0.25) is 4.79 Å². The van der Waals surface area contributed by atoms with Gasteiger partial charge in [-0.2, -0.15) is 4.99 Å². The fourth-order valence-corrected chi connectivity index (χ4v) is 1.70. The number of para-hydroxylation sites is 1. The average molecular weight is 281 g/mol. The van der Waals surface area contributed by atoms with E-state index in [0.717, 1.165) is 0 Å². The van der Waals surface area contributed by atoms with Gasteiger partial charge in [0.25, 0.3) is 0 Å². The molecule has 1 rings (SSSR count). The van der Waals surface area contributed by atoms with Crippen LogP contribution < -0.4 is 0 Å². The number of esters is 1. The third-order valence-electron chi connectivity index (χ3n) is 2.47. The van der Waals surface area contributed by atoms with Crippen molar-refractivity contribution in [2.24, 2.45) is 4.99 Å². The highest BCUT2D eigenvalue weighted by atomic mass is 32.1. The molecule has 0 aliphatic heterocycles. The van der Waals surface area contributed by atoms with Crippen LogP contribution in [0.5, 0.6) is 0 Å². The number of aliphatic imine (C=N–C) groups is 1. The van der Waals surface area contributed by atoms with Crippen molar-refractivity contribution >= 4 is 29.0 Å². The van der Waals surface area contributed by atoms with Gasteiger partial charge in [0, 0.05) is 5.56 Å². The second kappa shape index (κ2) is 7.76. The number of thiocarbonyl (C=S) groups is 1. The van der Waals surface area contributed by atoms with E-state index in [1.165, 1.54) is 0 Å². The fourth-order valence-electron chi connectivity index (χ4n) is 1.60. The van der Waals surface area contributed by atoms with Crippen molar-refractivity contribution in [2.75, 3.05) is 6.61 Å². The maximum absolute atomic E-state index is 11.3. The second-order valence-corrected chi connectivity index (χ2v) is 3.97. The van der Waals surface area contributed by atoms with Gasteiger partial charge in [-0.25, -0.2) is 0 Å². The minimum absolute atomic E-state index is 0.230. The van der Waals surface area contributed by atoms with Crippen LogP contribution in [-0.2, 0) is 9.53 Å². The first-order valence-electron chi connectivity index (χ1n) is 5.78. The number of hydrogen-bond donors (Lipinski definition) is 2. The summed E-state index contributed by atoms with van der Waals surface area (Å²) in [5, 5.41) is 22.1. The van der Waals surface area contributed by atoms with Crippen molar-refractivity contribution in [3.05, 3.63) is 29.8 Å². The molecule has 19 heavy (non-hydrogen) atoms. The van der Waals surface area contributed by atoms with E-state index in [2.05, 4.69) is 22.4 Å². The Bertz CT molecular complexity index is 485. The van der Waals surface area contributed by atoms with Gasteiger partial charge < -0.3 is 14.9 Å². The van der Waals surface area contributed by atoms with Crippen molar-refractivity contribution in [1.82, 2.24) is 0 Å². The molecule has 1 aromatic rings. The molecule has 2 N–H and O–H groups in total. The highest BCUT2D eigenvalue weighted by Gasteiger charge is 2.23. The van der Waals surface area contributed by atoms with Crippen molar-refractivity contribution in [1.29, 1.82) is 0 Å². The molecule has 102 valence electrons. The Morgan fingerprint density at radius 1 is 1.47 bits per heavy atom. The first kappa shape index (κ1) is 15.5. The van der Waals surface area contributed by atoms with E-state index in [1.807, 2.05) is 0 Å². The zero-order chi connectivity index (χ0) is 14.3. The molecule has 1 aromatic carbocycles. The molecule has 0 aliphatic carbocycles. The Morgan fingerprint density at radius 2 is 2.16 bits per heavy atom. The maximum atomic E-state index is 11.3. The first-order valence-corrected chi connectivity index (χ1v) is 6.19. The number of ether oxygens (including phenoxy) is 1. The molecular formula is C13H15NO4S. The predicted octanol–water partition coefficient (Wildman–Crippen LogP) is 1.77. The van der Waals surface area contributed by atoms with Crippen molar-refractivity contribution in [3.8, 4) is 0 Å². The van der Waals surface area contributed by atoms with Crippen molar-refractivity contribution in [2.45, 2.75) is 25.6 Å². The maximum Gasteiger partial charge on any atom is 0.308 e. The molecule has 0 spiro atoms. The number of isothiocyanates is 1. The normalized spacial score (nSPS) is 13.2. The average Bonchev–Trinajstić information content (AvgIpc) is 2.39. The Hall–Kier alpha value is -1.59. The van der Waals surface area contributed by atoms with Crippen LogP contribution in [0.25, 0.3) is 0 Å². The van der Waals surface area contributed by atoms with Gasteiger partial charge in [0.2, 0.25) is 0 Å². The van der Waals surface area contributed by atoms with Crippen LogP contribution in [0.4, 0.5) is 5.69 Å². The van der Waals surface area contributed by atoms with Crippen molar-refractivity contribution < 1.29 is 19.7 Å². The highest BCUT2D eigenvalue weighted by molar-refractivity contribution is 7.78. The highest BCUT2D eigenvalue weighted by Crippen LogP contribution is 2.28. The predicted molar refractivity (Wildman–Crippen MR) is 73.3 cm³/mol. The van der Waals surface area contributed by atoms with Crippen LogP contribution in [0.3, 0.4) is 0 Å². The third kappa shape index (κ3) is 4.54. The molecular weight excluding hydrogens is 266 g/mol. The van der Waals surface area contributed by atoms with Crippen LogP contribution in [0, 0.1) is 0 Å². The number of aliphatic hydroxyl groups is 2. The zero-order valence-electron chi connectivity index (χ0n) is 10.4.